The number of nitrogens with one attached hydrogen (secondary N) is 1. The van der Waals surface area contributed by atoms with Crippen LogP contribution < -0.4 is 5.32 Å². The van der Waals surface area contributed by atoms with Gasteiger partial charge in [-0.05, 0) is 25.3 Å². The van der Waals surface area contributed by atoms with E-state index >= 15 is 0 Å². The average Bonchev–Trinajstić information content (AvgIpc) is 2.65. The van der Waals surface area contributed by atoms with Crippen LogP contribution in [0.2, 0.25) is 5.15 Å². The van der Waals surface area contributed by atoms with E-state index in [4.69, 9.17) is 16.7 Å². The smallest absolute Gasteiger partial charge is 0.131 e. The van der Waals surface area contributed by atoms with Crippen molar-refractivity contribution < 1.29 is 5.11 Å². The summed E-state index contributed by atoms with van der Waals surface area (Å²) >= 11 is 6.22. The van der Waals surface area contributed by atoms with Crippen LogP contribution in [0.3, 0.4) is 0 Å². The summed E-state index contributed by atoms with van der Waals surface area (Å²) in [6, 6.07) is 0. The molecule has 1 atom stereocenters. The first-order chi connectivity index (χ1) is 8.63. The summed E-state index contributed by atoms with van der Waals surface area (Å²) in [7, 11) is 1.87. The van der Waals surface area contributed by atoms with Crippen molar-refractivity contribution in [2.24, 2.45) is 13.0 Å². The number of rotatable bonds is 8. The standard InChI is InChI=1S/C13H24ClN3O/c1-4-10(6-7-18)8-15-9-11-12(5-2)16-17(3)13(11)14/h10,15,18H,4-9H2,1-3H3. The minimum Gasteiger partial charge on any atom is -0.396 e. The van der Waals surface area contributed by atoms with Crippen LogP contribution in [0.25, 0.3) is 0 Å². The molecule has 104 valence electrons. The zero-order valence-electron chi connectivity index (χ0n) is 11.5. The molecule has 1 rings (SSSR count). The number of halogens is 1. The molecule has 0 spiro atoms. The minimum atomic E-state index is 0.258. The maximum absolute atomic E-state index is 8.95. The number of aryl methyl sites for hydroxylation is 2. The molecular weight excluding hydrogens is 250 g/mol. The van der Waals surface area contributed by atoms with Crippen molar-refractivity contribution in [2.75, 3.05) is 13.2 Å². The van der Waals surface area contributed by atoms with Crippen molar-refractivity contribution in [2.45, 2.75) is 39.7 Å². The third-order valence-electron chi connectivity index (χ3n) is 3.34. The quantitative estimate of drug-likeness (QED) is 0.763. The van der Waals surface area contributed by atoms with Crippen LogP contribution in [0.5, 0.6) is 0 Å². The fraction of sp³-hybridized carbons (Fsp3) is 0.769. The lowest BCUT2D eigenvalue weighted by molar-refractivity contribution is 0.251. The SMILES string of the molecule is CCc1nn(C)c(Cl)c1CNCC(CC)CCO. The second-order valence-electron chi connectivity index (χ2n) is 4.61. The molecule has 0 amide bonds. The van der Waals surface area contributed by atoms with Crippen molar-refractivity contribution in [3.05, 3.63) is 16.4 Å². The first-order valence-electron chi connectivity index (χ1n) is 6.65. The molecule has 2 N–H and O–H groups in total. The van der Waals surface area contributed by atoms with Gasteiger partial charge in [-0.2, -0.15) is 5.10 Å². The molecule has 1 aromatic heterocycles. The summed E-state index contributed by atoms with van der Waals surface area (Å²) in [6.45, 7) is 6.15. The zero-order valence-corrected chi connectivity index (χ0v) is 12.3. The molecule has 0 saturated carbocycles. The highest BCUT2D eigenvalue weighted by Crippen LogP contribution is 2.19. The van der Waals surface area contributed by atoms with E-state index < -0.39 is 0 Å². The fourth-order valence-electron chi connectivity index (χ4n) is 2.09. The number of aliphatic hydroxyl groups is 1. The van der Waals surface area contributed by atoms with E-state index in [1.54, 1.807) is 4.68 Å². The van der Waals surface area contributed by atoms with Crippen LogP contribution in [0.15, 0.2) is 0 Å². The van der Waals surface area contributed by atoms with Gasteiger partial charge in [-0.1, -0.05) is 31.9 Å². The molecule has 1 unspecified atom stereocenters. The average molecular weight is 274 g/mol. The van der Waals surface area contributed by atoms with E-state index in [1.165, 1.54) is 0 Å². The molecule has 0 aliphatic carbocycles. The predicted molar refractivity (Wildman–Crippen MR) is 74.8 cm³/mol. The van der Waals surface area contributed by atoms with Gasteiger partial charge < -0.3 is 10.4 Å². The lowest BCUT2D eigenvalue weighted by Gasteiger charge is -2.14. The van der Waals surface area contributed by atoms with Gasteiger partial charge >= 0.3 is 0 Å². The molecule has 0 aliphatic rings. The van der Waals surface area contributed by atoms with Crippen molar-refractivity contribution in [3.8, 4) is 0 Å². The highest BCUT2D eigenvalue weighted by atomic mass is 35.5. The Labute approximate surface area is 114 Å². The van der Waals surface area contributed by atoms with Gasteiger partial charge in [-0.25, -0.2) is 0 Å². The van der Waals surface area contributed by atoms with Crippen molar-refractivity contribution in [1.82, 2.24) is 15.1 Å². The molecule has 0 aromatic carbocycles. The Morgan fingerprint density at radius 1 is 1.44 bits per heavy atom. The molecule has 0 fully saturated rings. The summed E-state index contributed by atoms with van der Waals surface area (Å²) < 4.78 is 1.72. The lowest BCUT2D eigenvalue weighted by atomic mass is 10.0. The molecule has 1 aromatic rings. The fourth-order valence-corrected chi connectivity index (χ4v) is 2.31. The van der Waals surface area contributed by atoms with Crippen LogP contribution in [0.1, 0.15) is 37.9 Å². The summed E-state index contributed by atoms with van der Waals surface area (Å²) in [5.74, 6) is 0.524. The first-order valence-corrected chi connectivity index (χ1v) is 7.03. The Kier molecular flexibility index (Phi) is 6.68. The molecule has 0 aliphatic heterocycles. The maximum atomic E-state index is 8.95. The van der Waals surface area contributed by atoms with E-state index in [9.17, 15) is 0 Å². The van der Waals surface area contributed by atoms with Crippen molar-refractivity contribution in [1.29, 1.82) is 0 Å². The third kappa shape index (κ3) is 3.97. The third-order valence-corrected chi connectivity index (χ3v) is 3.81. The van der Waals surface area contributed by atoms with Crippen molar-refractivity contribution >= 4 is 11.6 Å². The van der Waals surface area contributed by atoms with Gasteiger partial charge in [0.05, 0.1) is 5.69 Å². The first kappa shape index (κ1) is 15.5. The predicted octanol–water partition coefficient (Wildman–Crippen LogP) is 2.13. The Hall–Kier alpha value is -0.580. The Balaban J connectivity index is 2.52. The molecule has 5 heteroatoms. The summed E-state index contributed by atoms with van der Waals surface area (Å²) in [4.78, 5) is 0. The van der Waals surface area contributed by atoms with Crippen LogP contribution in [-0.2, 0) is 20.0 Å². The number of hydrogen-bond acceptors (Lipinski definition) is 3. The van der Waals surface area contributed by atoms with Gasteiger partial charge in [0.2, 0.25) is 0 Å². The van der Waals surface area contributed by atoms with E-state index in [-0.39, 0.29) is 6.61 Å². The Morgan fingerprint density at radius 3 is 2.72 bits per heavy atom. The highest BCUT2D eigenvalue weighted by molar-refractivity contribution is 6.30. The maximum Gasteiger partial charge on any atom is 0.131 e. The molecule has 4 nitrogen and oxygen atoms in total. The summed E-state index contributed by atoms with van der Waals surface area (Å²) in [6.07, 6.45) is 2.82. The van der Waals surface area contributed by atoms with E-state index in [2.05, 4.69) is 24.3 Å². The van der Waals surface area contributed by atoms with Crippen LogP contribution in [0.4, 0.5) is 0 Å². The van der Waals surface area contributed by atoms with Gasteiger partial charge in [0.15, 0.2) is 0 Å². The molecule has 18 heavy (non-hydrogen) atoms. The topological polar surface area (TPSA) is 50.1 Å². The van der Waals surface area contributed by atoms with Crippen molar-refractivity contribution in [3.63, 3.8) is 0 Å². The zero-order chi connectivity index (χ0) is 13.5. The number of aromatic nitrogens is 2. The molecule has 0 radical (unpaired) electrons. The van der Waals surface area contributed by atoms with Crippen LogP contribution in [0, 0.1) is 5.92 Å². The van der Waals surface area contributed by atoms with E-state index in [1.807, 2.05) is 7.05 Å². The molecule has 1 heterocycles. The summed E-state index contributed by atoms with van der Waals surface area (Å²) in [5, 5.41) is 17.5. The lowest BCUT2D eigenvalue weighted by Crippen LogP contribution is -2.23. The monoisotopic (exact) mass is 273 g/mol. The van der Waals surface area contributed by atoms with E-state index in [0.717, 1.165) is 48.8 Å². The number of nitrogens with zero attached hydrogens (tertiary/aromatic N) is 2. The Morgan fingerprint density at radius 2 is 2.17 bits per heavy atom. The molecule has 0 saturated heterocycles. The Bertz CT molecular complexity index is 365. The van der Waals surface area contributed by atoms with Gasteiger partial charge in [-0.15, -0.1) is 0 Å². The van der Waals surface area contributed by atoms with Crippen LogP contribution in [-0.4, -0.2) is 28.0 Å². The summed E-state index contributed by atoms with van der Waals surface area (Å²) in [5.41, 5.74) is 2.16. The second-order valence-corrected chi connectivity index (χ2v) is 4.97. The minimum absolute atomic E-state index is 0.258. The second kappa shape index (κ2) is 7.77. The van der Waals surface area contributed by atoms with Gasteiger partial charge in [0.25, 0.3) is 0 Å². The molecule has 0 bridgehead atoms. The number of aliphatic hydroxyl groups excluding tert-OH is 1. The van der Waals surface area contributed by atoms with Gasteiger partial charge in [-0.3, -0.25) is 4.68 Å². The largest absolute Gasteiger partial charge is 0.396 e. The number of hydrogen-bond donors (Lipinski definition) is 2. The highest BCUT2D eigenvalue weighted by Gasteiger charge is 2.13. The van der Waals surface area contributed by atoms with Crippen LogP contribution >= 0.6 is 11.6 Å². The molecular formula is C13H24ClN3O. The van der Waals surface area contributed by atoms with Gasteiger partial charge in [0.1, 0.15) is 5.15 Å². The van der Waals surface area contributed by atoms with E-state index in [0.29, 0.717) is 5.92 Å². The normalized spacial score (nSPS) is 12.9. The van der Waals surface area contributed by atoms with Gasteiger partial charge in [0, 0.05) is 25.8 Å².